The third-order valence-electron chi connectivity index (χ3n) is 5.94. The van der Waals surface area contributed by atoms with Crippen LogP contribution in [0.25, 0.3) is 0 Å². The van der Waals surface area contributed by atoms with E-state index in [2.05, 4.69) is 95.7 Å². The van der Waals surface area contributed by atoms with Crippen LogP contribution in [-0.4, -0.2) is 61.2 Å². The van der Waals surface area contributed by atoms with Crippen molar-refractivity contribution in [1.29, 1.82) is 0 Å². The quantitative estimate of drug-likeness (QED) is 0.504. The van der Waals surface area contributed by atoms with E-state index in [9.17, 15) is 0 Å². The molecule has 2 heterocycles. The molecule has 0 radical (unpaired) electrons. The fourth-order valence-electron chi connectivity index (χ4n) is 3.80. The van der Waals surface area contributed by atoms with E-state index in [-0.39, 0.29) is 0 Å². The van der Waals surface area contributed by atoms with Gasteiger partial charge < -0.3 is 15.5 Å². The Morgan fingerprint density at radius 1 is 1.19 bits per heavy atom. The summed E-state index contributed by atoms with van der Waals surface area (Å²) in [6.45, 7) is 11.0. The molecule has 2 N–H and O–H groups in total. The first-order valence-corrected chi connectivity index (χ1v) is 11.5. The number of likely N-dealkylation sites (N-methyl/N-ethyl adjacent to an activating group) is 1. The molecule has 1 fully saturated rings. The largest absolute Gasteiger partial charge is 0.357 e. The van der Waals surface area contributed by atoms with Gasteiger partial charge in [-0.2, -0.15) is 0 Å². The summed E-state index contributed by atoms with van der Waals surface area (Å²) in [6, 6.07) is 15.7. The van der Waals surface area contributed by atoms with Crippen molar-refractivity contribution in [2.75, 3.05) is 38.1 Å². The lowest BCUT2D eigenvalue weighted by atomic mass is 10.1. The fraction of sp³-hybridized carbons (Fsp3) is 0.520. The molecule has 0 amide bonds. The van der Waals surface area contributed by atoms with Gasteiger partial charge in [-0.15, -0.1) is 0 Å². The van der Waals surface area contributed by atoms with E-state index in [0.717, 1.165) is 57.3 Å². The van der Waals surface area contributed by atoms with Gasteiger partial charge in [0.25, 0.3) is 0 Å². The van der Waals surface area contributed by atoms with Crippen molar-refractivity contribution >= 4 is 11.8 Å². The number of hydrogen-bond donors (Lipinski definition) is 2. The number of piperidine rings is 1. The van der Waals surface area contributed by atoms with Crippen LogP contribution in [0.2, 0.25) is 0 Å². The summed E-state index contributed by atoms with van der Waals surface area (Å²) in [5.41, 5.74) is 2.54. The lowest BCUT2D eigenvalue weighted by molar-refractivity contribution is 0.255. The van der Waals surface area contributed by atoms with Gasteiger partial charge in [0.15, 0.2) is 5.96 Å². The number of aryl methyl sites for hydroxylation is 1. The van der Waals surface area contributed by atoms with Gasteiger partial charge in [0, 0.05) is 44.5 Å². The molecule has 0 aliphatic carbocycles. The predicted molar refractivity (Wildman–Crippen MR) is 131 cm³/mol. The Kier molecular flexibility index (Phi) is 8.71. The van der Waals surface area contributed by atoms with E-state index < -0.39 is 0 Å². The number of hydrogen-bond acceptors (Lipinski definition) is 4. The van der Waals surface area contributed by atoms with Gasteiger partial charge in [0.05, 0.1) is 6.54 Å². The number of nitrogens with zero attached hydrogens (tertiary/aromatic N) is 4. The number of benzene rings is 1. The van der Waals surface area contributed by atoms with Gasteiger partial charge in [-0.25, -0.2) is 4.98 Å². The molecule has 1 aliphatic heterocycles. The minimum absolute atomic E-state index is 0.366. The number of anilines is 1. The standard InChI is InChI=1S/C25H38N6/c1-5-26-25(28-18-21(3)30(4)19-22-9-7-6-8-10-22)29-23-13-15-31(16-14-23)24-12-11-20(2)17-27-24/h6-12,17,21,23H,5,13-16,18-19H2,1-4H3,(H2,26,28,29). The molecule has 6 nitrogen and oxygen atoms in total. The maximum absolute atomic E-state index is 4.88. The van der Waals surface area contributed by atoms with Crippen LogP contribution in [0.4, 0.5) is 5.82 Å². The fourth-order valence-corrected chi connectivity index (χ4v) is 3.80. The summed E-state index contributed by atoms with van der Waals surface area (Å²) in [7, 11) is 2.17. The summed E-state index contributed by atoms with van der Waals surface area (Å²) in [4.78, 5) is 14.2. The number of aromatic nitrogens is 1. The Bertz CT molecular complexity index is 797. The Balaban J connectivity index is 1.48. The molecular formula is C25H38N6. The second-order valence-corrected chi connectivity index (χ2v) is 8.57. The average molecular weight is 423 g/mol. The normalized spacial score (nSPS) is 16.4. The van der Waals surface area contributed by atoms with Crippen molar-refractivity contribution in [1.82, 2.24) is 20.5 Å². The number of guanidine groups is 1. The Labute approximate surface area is 187 Å². The van der Waals surface area contributed by atoms with Crippen LogP contribution < -0.4 is 15.5 Å². The average Bonchev–Trinajstić information content (AvgIpc) is 2.79. The lowest BCUT2D eigenvalue weighted by Crippen LogP contribution is -2.49. The summed E-state index contributed by atoms with van der Waals surface area (Å²) in [6.07, 6.45) is 4.12. The SMILES string of the molecule is CCNC(=NCC(C)N(C)Cc1ccccc1)NC1CCN(c2ccc(C)cn2)CC1. The highest BCUT2D eigenvalue weighted by Crippen LogP contribution is 2.18. The van der Waals surface area contributed by atoms with Gasteiger partial charge in [0.2, 0.25) is 0 Å². The van der Waals surface area contributed by atoms with E-state index >= 15 is 0 Å². The molecule has 6 heteroatoms. The van der Waals surface area contributed by atoms with E-state index in [1.54, 1.807) is 0 Å². The zero-order valence-corrected chi connectivity index (χ0v) is 19.5. The second-order valence-electron chi connectivity index (χ2n) is 8.57. The topological polar surface area (TPSA) is 55.8 Å². The molecule has 1 unspecified atom stereocenters. The van der Waals surface area contributed by atoms with Crippen molar-refractivity contribution in [3.63, 3.8) is 0 Å². The first-order chi connectivity index (χ1) is 15.0. The van der Waals surface area contributed by atoms with Crippen LogP contribution in [0.1, 0.15) is 37.8 Å². The summed E-state index contributed by atoms with van der Waals surface area (Å²) in [5, 5.41) is 7.07. The Morgan fingerprint density at radius 3 is 2.58 bits per heavy atom. The maximum atomic E-state index is 4.88. The molecular weight excluding hydrogens is 384 g/mol. The van der Waals surface area contributed by atoms with Crippen LogP contribution in [0, 0.1) is 6.92 Å². The third-order valence-corrected chi connectivity index (χ3v) is 5.94. The van der Waals surface area contributed by atoms with Crippen LogP contribution in [0.15, 0.2) is 53.7 Å². The Morgan fingerprint density at radius 2 is 1.94 bits per heavy atom. The smallest absolute Gasteiger partial charge is 0.191 e. The molecule has 0 spiro atoms. The molecule has 0 bridgehead atoms. The van der Waals surface area contributed by atoms with Gasteiger partial charge in [-0.3, -0.25) is 9.89 Å². The molecule has 3 rings (SSSR count). The third kappa shape index (κ3) is 7.24. The van der Waals surface area contributed by atoms with E-state index in [4.69, 9.17) is 4.99 Å². The zero-order chi connectivity index (χ0) is 22.1. The lowest BCUT2D eigenvalue weighted by Gasteiger charge is -2.34. The van der Waals surface area contributed by atoms with Gasteiger partial charge in [0.1, 0.15) is 5.82 Å². The van der Waals surface area contributed by atoms with E-state index in [0.29, 0.717) is 12.1 Å². The highest BCUT2D eigenvalue weighted by Gasteiger charge is 2.21. The molecule has 31 heavy (non-hydrogen) atoms. The number of pyridine rings is 1. The van der Waals surface area contributed by atoms with Crippen LogP contribution in [-0.2, 0) is 6.54 Å². The van der Waals surface area contributed by atoms with E-state index in [1.165, 1.54) is 11.1 Å². The summed E-state index contributed by atoms with van der Waals surface area (Å²) >= 11 is 0. The van der Waals surface area contributed by atoms with Gasteiger partial charge in [-0.05, 0) is 57.9 Å². The van der Waals surface area contributed by atoms with Crippen molar-refractivity contribution in [3.05, 3.63) is 59.8 Å². The molecule has 168 valence electrons. The predicted octanol–water partition coefficient (Wildman–Crippen LogP) is 3.43. The van der Waals surface area contributed by atoms with Crippen LogP contribution in [0.3, 0.4) is 0 Å². The van der Waals surface area contributed by atoms with Gasteiger partial charge >= 0.3 is 0 Å². The second kappa shape index (κ2) is 11.7. The van der Waals surface area contributed by atoms with Crippen molar-refractivity contribution in [2.45, 2.75) is 52.2 Å². The van der Waals surface area contributed by atoms with Crippen LogP contribution in [0.5, 0.6) is 0 Å². The highest BCUT2D eigenvalue weighted by molar-refractivity contribution is 5.80. The number of nitrogens with one attached hydrogen (secondary N) is 2. The molecule has 1 atom stereocenters. The minimum atomic E-state index is 0.366. The summed E-state index contributed by atoms with van der Waals surface area (Å²) < 4.78 is 0. The van der Waals surface area contributed by atoms with Crippen molar-refractivity contribution in [3.8, 4) is 0 Å². The monoisotopic (exact) mass is 422 g/mol. The first kappa shape index (κ1) is 23.1. The maximum Gasteiger partial charge on any atom is 0.191 e. The molecule has 1 aromatic heterocycles. The van der Waals surface area contributed by atoms with Crippen molar-refractivity contribution < 1.29 is 0 Å². The number of rotatable bonds is 8. The van der Waals surface area contributed by atoms with E-state index in [1.807, 2.05) is 6.20 Å². The minimum Gasteiger partial charge on any atom is -0.357 e. The first-order valence-electron chi connectivity index (χ1n) is 11.5. The molecule has 2 aromatic rings. The van der Waals surface area contributed by atoms with Gasteiger partial charge in [-0.1, -0.05) is 36.4 Å². The number of aliphatic imine (C=N–C) groups is 1. The highest BCUT2D eigenvalue weighted by atomic mass is 15.2. The molecule has 1 saturated heterocycles. The Hall–Kier alpha value is -2.60. The summed E-state index contributed by atoms with van der Waals surface area (Å²) in [5.74, 6) is 2.01. The van der Waals surface area contributed by atoms with Crippen molar-refractivity contribution in [2.24, 2.45) is 4.99 Å². The van der Waals surface area contributed by atoms with Crippen LogP contribution >= 0.6 is 0 Å². The molecule has 1 aromatic carbocycles. The molecule has 0 saturated carbocycles. The zero-order valence-electron chi connectivity index (χ0n) is 19.5. The molecule has 1 aliphatic rings.